The molecule has 4 aromatic rings. The minimum Gasteiger partial charge on any atom is -0.465 e. The first-order valence-corrected chi connectivity index (χ1v) is 14.6. The van der Waals surface area contributed by atoms with E-state index in [9.17, 15) is 19.2 Å². The molecule has 1 aliphatic carbocycles. The van der Waals surface area contributed by atoms with Gasteiger partial charge in [0.05, 0.1) is 25.0 Å². The smallest absolute Gasteiger partial charge is 0.344 e. The zero-order valence-corrected chi connectivity index (χ0v) is 24.5. The molecule has 0 fully saturated rings. The van der Waals surface area contributed by atoms with Crippen molar-refractivity contribution in [1.29, 1.82) is 0 Å². The molecule has 42 heavy (non-hydrogen) atoms. The quantitative estimate of drug-likeness (QED) is 0.277. The molecular formula is C32H31N3O6S. The first-order valence-electron chi connectivity index (χ1n) is 13.8. The molecule has 216 valence electrons. The highest BCUT2D eigenvalue weighted by Crippen LogP contribution is 2.40. The number of thiophene rings is 1. The number of benzene rings is 2. The number of amides is 1. The largest absolute Gasteiger partial charge is 0.465 e. The maximum absolute atomic E-state index is 13.7. The molecule has 5 rings (SSSR count). The van der Waals surface area contributed by atoms with Gasteiger partial charge in [0.2, 0.25) is 5.91 Å². The number of aromatic nitrogens is 2. The van der Waals surface area contributed by atoms with Crippen LogP contribution in [-0.4, -0.2) is 41.3 Å². The van der Waals surface area contributed by atoms with Crippen LogP contribution in [-0.2, 0) is 33.7 Å². The van der Waals surface area contributed by atoms with Crippen LogP contribution in [0.25, 0.3) is 22.4 Å². The minimum absolute atomic E-state index is 0.207. The molecule has 2 aromatic heterocycles. The summed E-state index contributed by atoms with van der Waals surface area (Å²) in [6, 6.07) is 18.1. The van der Waals surface area contributed by atoms with Crippen LogP contribution < -0.4 is 10.9 Å². The number of ether oxygens (including phenoxy) is 2. The third-order valence-corrected chi connectivity index (χ3v) is 8.36. The van der Waals surface area contributed by atoms with E-state index in [4.69, 9.17) is 9.47 Å². The van der Waals surface area contributed by atoms with Crippen LogP contribution in [0.2, 0.25) is 0 Å². The van der Waals surface area contributed by atoms with Gasteiger partial charge in [0, 0.05) is 16.0 Å². The summed E-state index contributed by atoms with van der Waals surface area (Å²) in [6.45, 7) is 3.61. The normalized spacial score (nSPS) is 14.1. The lowest BCUT2D eigenvalue weighted by molar-refractivity contribution is -0.117. The number of carbonyl (C=O) groups is 3. The van der Waals surface area contributed by atoms with Gasteiger partial charge in [-0.2, -0.15) is 5.10 Å². The van der Waals surface area contributed by atoms with Gasteiger partial charge in [-0.1, -0.05) is 67.6 Å². The fraction of sp³-hybridized carbons (Fsp3) is 0.281. The Hall–Kier alpha value is -4.57. The van der Waals surface area contributed by atoms with E-state index in [2.05, 4.69) is 17.3 Å². The lowest BCUT2D eigenvalue weighted by Gasteiger charge is -2.18. The van der Waals surface area contributed by atoms with Gasteiger partial charge in [0.25, 0.3) is 5.56 Å². The molecule has 0 aliphatic heterocycles. The number of esters is 2. The Balaban J connectivity index is 1.58. The molecule has 1 unspecified atom stereocenters. The predicted molar refractivity (Wildman–Crippen MR) is 161 cm³/mol. The average Bonchev–Trinajstić information content (AvgIpc) is 3.35. The Kier molecular flexibility index (Phi) is 8.63. The molecular weight excluding hydrogens is 554 g/mol. The van der Waals surface area contributed by atoms with Crippen molar-refractivity contribution >= 4 is 34.2 Å². The van der Waals surface area contributed by atoms with E-state index in [0.717, 1.165) is 34.4 Å². The molecule has 1 amide bonds. The average molecular weight is 586 g/mol. The maximum Gasteiger partial charge on any atom is 0.344 e. The number of hydrogen-bond donors (Lipinski definition) is 1. The molecule has 1 atom stereocenters. The topological polar surface area (TPSA) is 117 Å². The van der Waals surface area contributed by atoms with Gasteiger partial charge in [0.15, 0.2) is 0 Å². The monoisotopic (exact) mass is 585 g/mol. The van der Waals surface area contributed by atoms with Crippen molar-refractivity contribution < 1.29 is 23.9 Å². The van der Waals surface area contributed by atoms with Gasteiger partial charge in [-0.3, -0.25) is 9.59 Å². The number of nitrogens with one attached hydrogen (secondary N) is 1. The molecule has 9 nitrogen and oxygen atoms in total. The highest BCUT2D eigenvalue weighted by molar-refractivity contribution is 7.17. The summed E-state index contributed by atoms with van der Waals surface area (Å²) in [6.07, 6.45) is 2.48. The van der Waals surface area contributed by atoms with E-state index < -0.39 is 29.9 Å². The van der Waals surface area contributed by atoms with Gasteiger partial charge < -0.3 is 14.8 Å². The summed E-state index contributed by atoms with van der Waals surface area (Å²) in [5.74, 6) is -1.42. The van der Waals surface area contributed by atoms with Crippen LogP contribution in [0.4, 0.5) is 5.00 Å². The van der Waals surface area contributed by atoms with E-state index in [0.29, 0.717) is 38.9 Å². The van der Waals surface area contributed by atoms with Crippen LogP contribution >= 0.6 is 11.3 Å². The molecule has 2 heterocycles. The zero-order chi connectivity index (χ0) is 29.8. The lowest BCUT2D eigenvalue weighted by Crippen LogP contribution is -2.34. The Morgan fingerprint density at radius 1 is 1.00 bits per heavy atom. The van der Waals surface area contributed by atoms with Gasteiger partial charge in [-0.25, -0.2) is 14.3 Å². The first kappa shape index (κ1) is 28.9. The highest BCUT2D eigenvalue weighted by Gasteiger charge is 2.30. The van der Waals surface area contributed by atoms with E-state index in [1.54, 1.807) is 31.2 Å². The predicted octanol–water partition coefficient (Wildman–Crippen LogP) is 5.37. The summed E-state index contributed by atoms with van der Waals surface area (Å²) in [4.78, 5) is 54.2. The fourth-order valence-electron chi connectivity index (χ4n) is 5.21. The molecule has 10 heteroatoms. The Morgan fingerprint density at radius 3 is 2.31 bits per heavy atom. The van der Waals surface area contributed by atoms with Gasteiger partial charge in [0.1, 0.15) is 17.1 Å². The molecule has 0 radical (unpaired) electrons. The van der Waals surface area contributed by atoms with E-state index in [-0.39, 0.29) is 12.2 Å². The van der Waals surface area contributed by atoms with Gasteiger partial charge >= 0.3 is 11.9 Å². The summed E-state index contributed by atoms with van der Waals surface area (Å²) >= 11 is 1.36. The SMILES string of the molecule is CCOC(=O)c1c(NC(=O)Cn2nc(-c3ccccc3)c(-c3ccccc3)c(C(=O)OC)c2=O)sc2c1CCC(C)C2. The Morgan fingerprint density at radius 2 is 1.67 bits per heavy atom. The summed E-state index contributed by atoms with van der Waals surface area (Å²) in [5.41, 5.74) is 2.22. The van der Waals surface area contributed by atoms with Crippen molar-refractivity contribution in [2.24, 2.45) is 5.92 Å². The number of anilines is 1. The van der Waals surface area contributed by atoms with Crippen molar-refractivity contribution in [3.63, 3.8) is 0 Å². The number of methoxy groups -OCH3 is 1. The number of fused-ring (bicyclic) bond motifs is 1. The van der Waals surface area contributed by atoms with Crippen molar-refractivity contribution in [2.75, 3.05) is 19.0 Å². The minimum atomic E-state index is -0.836. The second-order valence-corrected chi connectivity index (χ2v) is 11.2. The molecule has 1 aliphatic rings. The van der Waals surface area contributed by atoms with Crippen LogP contribution in [0.3, 0.4) is 0 Å². The van der Waals surface area contributed by atoms with E-state index >= 15 is 0 Å². The summed E-state index contributed by atoms with van der Waals surface area (Å²) < 4.78 is 11.3. The van der Waals surface area contributed by atoms with Crippen LogP contribution in [0.1, 0.15) is 51.4 Å². The van der Waals surface area contributed by atoms with Crippen LogP contribution in [0.15, 0.2) is 65.5 Å². The number of nitrogens with zero attached hydrogens (tertiary/aromatic N) is 2. The second-order valence-electron chi connectivity index (χ2n) is 10.1. The molecule has 0 spiro atoms. The number of carbonyl (C=O) groups excluding carboxylic acids is 3. The Labute approximate surface area is 247 Å². The first-order chi connectivity index (χ1) is 20.3. The molecule has 1 N–H and O–H groups in total. The van der Waals surface area contributed by atoms with Crippen molar-refractivity contribution in [2.45, 2.75) is 39.7 Å². The van der Waals surface area contributed by atoms with Crippen LogP contribution in [0.5, 0.6) is 0 Å². The molecule has 2 aromatic carbocycles. The van der Waals surface area contributed by atoms with Gasteiger partial charge in [-0.15, -0.1) is 11.3 Å². The van der Waals surface area contributed by atoms with Crippen molar-refractivity contribution in [3.05, 3.63) is 92.6 Å². The molecule has 0 bridgehead atoms. The third kappa shape index (κ3) is 5.75. The van der Waals surface area contributed by atoms with Crippen molar-refractivity contribution in [1.82, 2.24) is 9.78 Å². The molecule has 0 saturated carbocycles. The van der Waals surface area contributed by atoms with Crippen molar-refractivity contribution in [3.8, 4) is 22.4 Å². The van der Waals surface area contributed by atoms with Gasteiger partial charge in [-0.05, 0) is 43.2 Å². The Bertz CT molecular complexity index is 1690. The summed E-state index contributed by atoms with van der Waals surface area (Å²) in [5, 5.41) is 7.81. The lowest BCUT2D eigenvalue weighted by atomic mass is 9.88. The van der Waals surface area contributed by atoms with Crippen LogP contribution in [0, 0.1) is 5.92 Å². The van der Waals surface area contributed by atoms with E-state index in [1.807, 2.05) is 36.4 Å². The standard InChI is InChI=1S/C32H31N3O6S/c1-4-41-32(39)26-22-16-15-19(2)17-23(22)42-29(26)33-24(36)18-35-30(37)27(31(38)40-3)25(20-11-7-5-8-12-20)28(34-35)21-13-9-6-10-14-21/h5-14,19H,4,15-18H2,1-3H3,(H,33,36). The van der Waals surface area contributed by atoms with E-state index in [1.165, 1.54) is 18.4 Å². The fourth-order valence-corrected chi connectivity index (χ4v) is 6.63. The number of hydrogen-bond acceptors (Lipinski definition) is 8. The molecule has 0 saturated heterocycles. The third-order valence-electron chi connectivity index (χ3n) is 7.19. The maximum atomic E-state index is 13.7. The summed E-state index contributed by atoms with van der Waals surface area (Å²) in [7, 11) is 1.20. The number of rotatable bonds is 8. The zero-order valence-electron chi connectivity index (χ0n) is 23.6. The highest BCUT2D eigenvalue weighted by atomic mass is 32.1. The second kappa shape index (κ2) is 12.5.